The second kappa shape index (κ2) is 13.5. The number of likely N-dealkylation sites (tertiary alicyclic amines) is 1. The number of carbonyl (C=O) groups is 1. The van der Waals surface area contributed by atoms with Crippen molar-refractivity contribution in [2.45, 2.75) is 63.2 Å². The summed E-state index contributed by atoms with van der Waals surface area (Å²) in [6.45, 7) is 4.68. The maximum atomic E-state index is 14.7. The van der Waals surface area contributed by atoms with Crippen LogP contribution in [-0.2, 0) is 30.5 Å². The number of amides is 1. The number of benzene rings is 2. The molecule has 250 valence electrons. The van der Waals surface area contributed by atoms with E-state index >= 15 is 0 Å². The van der Waals surface area contributed by atoms with Crippen LogP contribution in [0.5, 0.6) is 5.75 Å². The number of carbonyl (C=O) groups excluding carboxylic acids is 1. The van der Waals surface area contributed by atoms with E-state index in [0.29, 0.717) is 60.7 Å². The van der Waals surface area contributed by atoms with E-state index < -0.39 is 6.10 Å². The Morgan fingerprint density at radius 3 is 2.81 bits per heavy atom. The molecule has 1 aliphatic carbocycles. The molecule has 2 fully saturated rings. The highest BCUT2D eigenvalue weighted by molar-refractivity contribution is 7.16. The summed E-state index contributed by atoms with van der Waals surface area (Å²) in [5.74, 6) is -0.276. The van der Waals surface area contributed by atoms with Crippen LogP contribution in [0.25, 0.3) is 10.2 Å². The summed E-state index contributed by atoms with van der Waals surface area (Å²) in [5, 5.41) is 31.4. The molecule has 1 spiro atoms. The van der Waals surface area contributed by atoms with Crippen molar-refractivity contribution in [1.82, 2.24) is 30.3 Å². The van der Waals surface area contributed by atoms with E-state index in [1.807, 2.05) is 11.0 Å². The number of morpholine rings is 1. The van der Waals surface area contributed by atoms with Gasteiger partial charge in [0.05, 0.1) is 35.3 Å². The van der Waals surface area contributed by atoms with Crippen LogP contribution in [0, 0.1) is 5.82 Å². The number of hydrogen-bond donors (Lipinski definition) is 5. The Morgan fingerprint density at radius 2 is 1.96 bits per heavy atom. The Kier molecular flexibility index (Phi) is 9.16. The normalized spacial score (nSPS) is 18.9. The van der Waals surface area contributed by atoms with Crippen LogP contribution in [0.15, 0.2) is 35.1 Å². The van der Waals surface area contributed by atoms with Crippen molar-refractivity contribution in [2.24, 2.45) is 0 Å². The predicted molar refractivity (Wildman–Crippen MR) is 176 cm³/mol. The molecule has 1 atom stereocenters. The van der Waals surface area contributed by atoms with Gasteiger partial charge in [0.1, 0.15) is 22.8 Å². The minimum atomic E-state index is -0.871. The lowest BCUT2D eigenvalue weighted by atomic mass is 9.88. The smallest absolute Gasteiger partial charge is 0.305 e. The van der Waals surface area contributed by atoms with Crippen LogP contribution in [0.4, 0.5) is 4.39 Å². The molecule has 2 saturated heterocycles. The molecule has 0 radical (unpaired) electrons. The molecule has 4 aromatic rings. The number of ether oxygens (including phenoxy) is 1. The summed E-state index contributed by atoms with van der Waals surface area (Å²) >= 11 is 0.955. The number of aromatic nitrogens is 3. The highest BCUT2D eigenvalue weighted by Gasteiger charge is 2.42. The molecule has 7 rings (SSSR count). The Balaban J connectivity index is 0.903. The fourth-order valence-corrected chi connectivity index (χ4v) is 8.26. The van der Waals surface area contributed by atoms with Gasteiger partial charge in [0.15, 0.2) is 0 Å². The number of nitrogens with zero attached hydrogens (tertiary/aromatic N) is 3. The molecule has 0 bridgehead atoms. The number of aromatic amines is 2. The second-order valence-electron chi connectivity index (χ2n) is 13.1. The van der Waals surface area contributed by atoms with Gasteiger partial charge in [-0.25, -0.2) is 4.39 Å². The van der Waals surface area contributed by atoms with Crippen LogP contribution in [-0.4, -0.2) is 92.6 Å². The standard InChI is InChI=1S/C34H41FN6O5S/c35-23-16-21(7-10-36-18-28(43)25-5-6-27(42)30-31(25)47-33(45)37-30)15-22(17-23)19-40-11-8-34(9-12-40)20-41(13-14-46-34)32(44)29-24-3-1-2-4-26(24)38-39-29/h5-6,15-17,28,36,42-43H,1-4,7-14,18-20H2,(H,37,45)(H,38,39). The van der Waals surface area contributed by atoms with Gasteiger partial charge in [0.25, 0.3) is 5.91 Å². The summed E-state index contributed by atoms with van der Waals surface area (Å²) in [6.07, 6.45) is 5.37. The molecule has 2 aromatic heterocycles. The highest BCUT2D eigenvalue weighted by Crippen LogP contribution is 2.33. The number of thiazole rings is 1. The predicted octanol–water partition coefficient (Wildman–Crippen LogP) is 3.41. The number of halogens is 1. The number of aryl methyl sites for hydroxylation is 1. The van der Waals surface area contributed by atoms with Crippen molar-refractivity contribution in [3.05, 3.63) is 79.5 Å². The second-order valence-corrected chi connectivity index (χ2v) is 14.1. The Labute approximate surface area is 275 Å². The molecular formula is C34H41FN6O5S. The van der Waals surface area contributed by atoms with E-state index in [-0.39, 0.29) is 34.5 Å². The molecule has 5 N–H and O–H groups in total. The SMILES string of the molecule is O=C(c1[nH]nc2c1CCCC2)N1CCOC2(CCN(Cc3cc(F)cc(CCNCC(O)c4ccc(O)c5[nH]c(=O)sc45)c3)CC2)C1. The van der Waals surface area contributed by atoms with Gasteiger partial charge in [-0.3, -0.25) is 19.6 Å². The molecule has 13 heteroatoms. The first-order valence-electron chi connectivity index (χ1n) is 16.5. The minimum Gasteiger partial charge on any atom is -0.506 e. The van der Waals surface area contributed by atoms with Crippen molar-refractivity contribution in [1.29, 1.82) is 0 Å². The van der Waals surface area contributed by atoms with Crippen LogP contribution in [0.1, 0.15) is 70.2 Å². The monoisotopic (exact) mass is 664 g/mol. The fraction of sp³-hybridized carbons (Fsp3) is 0.500. The first kappa shape index (κ1) is 32.0. The number of nitrogens with one attached hydrogen (secondary N) is 3. The van der Waals surface area contributed by atoms with Crippen LogP contribution in [0.2, 0.25) is 0 Å². The minimum absolute atomic E-state index is 0.0266. The van der Waals surface area contributed by atoms with Gasteiger partial charge in [0, 0.05) is 43.9 Å². The van der Waals surface area contributed by atoms with Gasteiger partial charge in [-0.15, -0.1) is 0 Å². The van der Waals surface area contributed by atoms with Crippen LogP contribution >= 0.6 is 11.3 Å². The number of H-pyrrole nitrogens is 2. The van der Waals surface area contributed by atoms with Gasteiger partial charge in [-0.1, -0.05) is 23.5 Å². The van der Waals surface area contributed by atoms with E-state index in [2.05, 4.69) is 25.4 Å². The maximum absolute atomic E-state index is 14.7. The maximum Gasteiger partial charge on any atom is 0.305 e. The van der Waals surface area contributed by atoms with E-state index in [0.717, 1.165) is 85.3 Å². The lowest BCUT2D eigenvalue weighted by Crippen LogP contribution is -2.58. The van der Waals surface area contributed by atoms with E-state index in [1.54, 1.807) is 18.2 Å². The number of phenols is 1. The molecular weight excluding hydrogens is 623 g/mol. The third kappa shape index (κ3) is 6.86. The molecule has 2 aliphatic heterocycles. The largest absolute Gasteiger partial charge is 0.506 e. The highest BCUT2D eigenvalue weighted by atomic mass is 32.1. The summed E-state index contributed by atoms with van der Waals surface area (Å²) in [6, 6.07) is 8.26. The molecule has 4 heterocycles. The number of fused-ring (bicyclic) bond motifs is 2. The number of aliphatic hydroxyl groups excluding tert-OH is 1. The number of phenolic OH excluding ortho intramolecular Hbond substituents is 1. The average molecular weight is 665 g/mol. The number of hydrogen-bond acceptors (Lipinski definition) is 9. The first-order chi connectivity index (χ1) is 22.8. The van der Waals surface area contributed by atoms with E-state index in [9.17, 15) is 24.2 Å². The zero-order chi connectivity index (χ0) is 32.5. The van der Waals surface area contributed by atoms with E-state index in [4.69, 9.17) is 4.74 Å². The molecule has 11 nitrogen and oxygen atoms in total. The van der Waals surface area contributed by atoms with E-state index in [1.165, 1.54) is 6.07 Å². The van der Waals surface area contributed by atoms with Gasteiger partial charge in [-0.2, -0.15) is 5.10 Å². The topological polar surface area (TPSA) is 147 Å². The molecule has 1 amide bonds. The quantitative estimate of drug-likeness (QED) is 0.171. The number of aliphatic hydroxyl groups is 1. The van der Waals surface area contributed by atoms with Gasteiger partial charge in [-0.05, 0) is 80.8 Å². The van der Waals surface area contributed by atoms with Gasteiger partial charge < -0.3 is 30.2 Å². The summed E-state index contributed by atoms with van der Waals surface area (Å²) in [4.78, 5) is 31.9. The first-order valence-corrected chi connectivity index (χ1v) is 17.3. The van der Waals surface area contributed by atoms with Crippen LogP contribution < -0.4 is 10.2 Å². The third-order valence-electron chi connectivity index (χ3n) is 9.86. The number of piperidine rings is 1. The zero-order valence-electron chi connectivity index (χ0n) is 26.3. The number of rotatable bonds is 9. The van der Waals surface area contributed by atoms with Crippen molar-refractivity contribution in [3.63, 3.8) is 0 Å². The Bertz CT molecular complexity index is 1810. The molecule has 3 aliphatic rings. The van der Waals surface area contributed by atoms with Crippen molar-refractivity contribution >= 4 is 27.5 Å². The summed E-state index contributed by atoms with van der Waals surface area (Å²) in [5.41, 5.74) is 5.10. The third-order valence-corrected chi connectivity index (χ3v) is 10.8. The van der Waals surface area contributed by atoms with Crippen LogP contribution in [0.3, 0.4) is 0 Å². The molecule has 2 aromatic carbocycles. The van der Waals surface area contributed by atoms with Gasteiger partial charge in [0.2, 0.25) is 0 Å². The summed E-state index contributed by atoms with van der Waals surface area (Å²) < 4.78 is 21.5. The van der Waals surface area contributed by atoms with Crippen molar-refractivity contribution in [3.8, 4) is 5.75 Å². The molecule has 0 saturated carbocycles. The summed E-state index contributed by atoms with van der Waals surface area (Å²) in [7, 11) is 0. The lowest BCUT2D eigenvalue weighted by molar-refractivity contribution is -0.128. The lowest BCUT2D eigenvalue weighted by Gasteiger charge is -2.47. The molecule has 1 unspecified atom stereocenters. The van der Waals surface area contributed by atoms with Gasteiger partial charge >= 0.3 is 4.87 Å². The zero-order valence-corrected chi connectivity index (χ0v) is 27.1. The Morgan fingerprint density at radius 1 is 1.15 bits per heavy atom. The fourth-order valence-electron chi connectivity index (χ4n) is 7.34. The van der Waals surface area contributed by atoms with Crippen molar-refractivity contribution in [2.75, 3.05) is 45.9 Å². The number of aromatic hydroxyl groups is 1. The average Bonchev–Trinajstić information content (AvgIpc) is 3.68. The molecule has 47 heavy (non-hydrogen) atoms. The Hall–Kier alpha value is -3.62. The van der Waals surface area contributed by atoms with Crippen molar-refractivity contribution < 1.29 is 24.1 Å².